The lowest BCUT2D eigenvalue weighted by atomic mass is 10.0. The highest BCUT2D eigenvalue weighted by molar-refractivity contribution is 7.99. The van der Waals surface area contributed by atoms with Crippen molar-refractivity contribution in [1.82, 2.24) is 19.7 Å². The van der Waals surface area contributed by atoms with E-state index in [-0.39, 0.29) is 23.0 Å². The Balaban J connectivity index is 1.75. The fourth-order valence-electron chi connectivity index (χ4n) is 2.67. The highest BCUT2D eigenvalue weighted by Gasteiger charge is 2.14. The average Bonchev–Trinajstić information content (AvgIpc) is 2.99. The first-order valence-electron chi connectivity index (χ1n) is 8.26. The smallest absolute Gasteiger partial charge is 0.248 e. The Labute approximate surface area is 155 Å². The van der Waals surface area contributed by atoms with Gasteiger partial charge in [-0.15, -0.1) is 10.2 Å². The van der Waals surface area contributed by atoms with Crippen molar-refractivity contribution in [2.24, 2.45) is 7.05 Å². The van der Waals surface area contributed by atoms with Gasteiger partial charge < -0.3 is 9.55 Å². The van der Waals surface area contributed by atoms with E-state index in [1.165, 1.54) is 6.07 Å². The van der Waals surface area contributed by atoms with Crippen LogP contribution in [0.2, 0.25) is 0 Å². The van der Waals surface area contributed by atoms with Crippen LogP contribution in [0.1, 0.15) is 39.4 Å². The SMILES string of the molecule is Cc1cc(C(=O)Cc2cccc([C@H](C)Sc3nncn3C)c2)[nH]c(=O)c1. The van der Waals surface area contributed by atoms with Crippen LogP contribution in [-0.2, 0) is 13.5 Å². The van der Waals surface area contributed by atoms with Crippen LogP contribution in [0, 0.1) is 6.92 Å². The van der Waals surface area contributed by atoms with E-state index < -0.39 is 0 Å². The van der Waals surface area contributed by atoms with Crippen molar-refractivity contribution >= 4 is 17.5 Å². The van der Waals surface area contributed by atoms with Crippen LogP contribution < -0.4 is 5.56 Å². The molecule has 0 saturated heterocycles. The number of thioether (sulfide) groups is 1. The number of aryl methyl sites for hydroxylation is 2. The quantitative estimate of drug-likeness (QED) is 0.534. The van der Waals surface area contributed by atoms with Gasteiger partial charge in [0.2, 0.25) is 5.56 Å². The predicted octanol–water partition coefficient (Wildman–Crippen LogP) is 3.09. The van der Waals surface area contributed by atoms with E-state index in [4.69, 9.17) is 0 Å². The summed E-state index contributed by atoms with van der Waals surface area (Å²) < 4.78 is 1.88. The molecule has 7 heteroatoms. The molecule has 1 N–H and O–H groups in total. The maximum Gasteiger partial charge on any atom is 0.248 e. The van der Waals surface area contributed by atoms with Crippen molar-refractivity contribution in [2.45, 2.75) is 30.7 Å². The van der Waals surface area contributed by atoms with E-state index >= 15 is 0 Å². The molecule has 3 aromatic rings. The molecular weight excluding hydrogens is 348 g/mol. The highest BCUT2D eigenvalue weighted by atomic mass is 32.2. The van der Waals surface area contributed by atoms with Crippen molar-refractivity contribution in [2.75, 3.05) is 0 Å². The highest BCUT2D eigenvalue weighted by Crippen LogP contribution is 2.33. The molecule has 0 amide bonds. The maximum absolute atomic E-state index is 12.5. The third-order valence-electron chi connectivity index (χ3n) is 4.03. The number of ketones is 1. The van der Waals surface area contributed by atoms with Crippen molar-refractivity contribution in [3.8, 4) is 0 Å². The molecule has 0 spiro atoms. The molecule has 0 radical (unpaired) electrons. The summed E-state index contributed by atoms with van der Waals surface area (Å²) in [5.74, 6) is -0.100. The molecule has 0 unspecified atom stereocenters. The van der Waals surface area contributed by atoms with Gasteiger partial charge in [-0.3, -0.25) is 9.59 Å². The average molecular weight is 368 g/mol. The zero-order valence-corrected chi connectivity index (χ0v) is 15.7. The van der Waals surface area contributed by atoms with E-state index in [1.807, 2.05) is 35.9 Å². The summed E-state index contributed by atoms with van der Waals surface area (Å²) in [5, 5.41) is 9.00. The van der Waals surface area contributed by atoms with Gasteiger partial charge in [0, 0.05) is 24.8 Å². The zero-order valence-electron chi connectivity index (χ0n) is 14.9. The fraction of sp³-hybridized carbons (Fsp3) is 0.263. The van der Waals surface area contributed by atoms with E-state index in [9.17, 15) is 9.59 Å². The lowest BCUT2D eigenvalue weighted by molar-refractivity contribution is 0.0988. The lowest BCUT2D eigenvalue weighted by Crippen LogP contribution is -2.14. The first kappa shape index (κ1) is 18.1. The number of carbonyl (C=O) groups excluding carboxylic acids is 1. The normalized spacial score (nSPS) is 12.1. The van der Waals surface area contributed by atoms with E-state index in [1.54, 1.807) is 31.1 Å². The second kappa shape index (κ2) is 7.70. The third kappa shape index (κ3) is 4.29. The second-order valence-electron chi connectivity index (χ2n) is 6.27. The molecule has 0 aliphatic rings. The van der Waals surface area contributed by atoms with Crippen LogP contribution in [0.3, 0.4) is 0 Å². The van der Waals surface area contributed by atoms with Crippen LogP contribution in [0.15, 0.2) is 52.7 Å². The van der Waals surface area contributed by atoms with E-state index in [0.29, 0.717) is 5.69 Å². The van der Waals surface area contributed by atoms with Gasteiger partial charge >= 0.3 is 0 Å². The topological polar surface area (TPSA) is 80.6 Å². The Morgan fingerprint density at radius 3 is 2.81 bits per heavy atom. The third-order valence-corrected chi connectivity index (χ3v) is 5.23. The number of rotatable bonds is 6. The number of aromatic nitrogens is 4. The summed E-state index contributed by atoms with van der Waals surface area (Å²) >= 11 is 1.61. The van der Waals surface area contributed by atoms with Crippen molar-refractivity contribution in [3.63, 3.8) is 0 Å². The first-order chi connectivity index (χ1) is 12.4. The number of H-pyrrole nitrogens is 1. The Bertz CT molecular complexity index is 993. The number of nitrogens with zero attached hydrogens (tertiary/aromatic N) is 3. The van der Waals surface area contributed by atoms with Gasteiger partial charge in [-0.05, 0) is 36.6 Å². The van der Waals surface area contributed by atoms with Gasteiger partial charge in [-0.1, -0.05) is 36.0 Å². The minimum absolute atomic E-state index is 0.100. The van der Waals surface area contributed by atoms with Crippen LogP contribution in [-0.4, -0.2) is 25.5 Å². The van der Waals surface area contributed by atoms with Crippen LogP contribution in [0.25, 0.3) is 0 Å². The molecule has 0 fully saturated rings. The van der Waals surface area contributed by atoms with Gasteiger partial charge in [0.15, 0.2) is 10.9 Å². The van der Waals surface area contributed by atoms with Gasteiger partial charge in [-0.2, -0.15) is 0 Å². The first-order valence-corrected chi connectivity index (χ1v) is 9.14. The molecule has 3 rings (SSSR count). The molecule has 1 atom stereocenters. The van der Waals surface area contributed by atoms with Gasteiger partial charge in [0.25, 0.3) is 0 Å². The number of Topliss-reactive ketones (excluding diaryl/α,β-unsaturated/α-hetero) is 1. The summed E-state index contributed by atoms with van der Waals surface area (Å²) in [6, 6.07) is 11.1. The lowest BCUT2D eigenvalue weighted by Gasteiger charge is -2.12. The van der Waals surface area contributed by atoms with E-state index in [2.05, 4.69) is 22.1 Å². The van der Waals surface area contributed by atoms with E-state index in [0.717, 1.165) is 21.8 Å². The number of benzene rings is 1. The zero-order chi connectivity index (χ0) is 18.7. The molecule has 0 saturated carbocycles. The predicted molar refractivity (Wildman–Crippen MR) is 102 cm³/mol. The molecule has 0 aliphatic heterocycles. The largest absolute Gasteiger partial charge is 0.319 e. The summed E-state index contributed by atoms with van der Waals surface area (Å²) in [7, 11) is 1.91. The molecule has 1 aromatic carbocycles. The summed E-state index contributed by atoms with van der Waals surface area (Å²) in [4.78, 5) is 26.7. The maximum atomic E-state index is 12.5. The molecule has 26 heavy (non-hydrogen) atoms. The van der Waals surface area contributed by atoms with Crippen molar-refractivity contribution in [1.29, 1.82) is 0 Å². The molecule has 2 aromatic heterocycles. The standard InChI is InChI=1S/C19H20N4O2S/c1-12-7-16(21-18(25)8-12)17(24)10-14-5-4-6-15(9-14)13(2)26-19-22-20-11-23(19)3/h4-9,11,13H,10H2,1-3H3,(H,21,25)/t13-/m0/s1. The Morgan fingerprint density at radius 1 is 1.31 bits per heavy atom. The second-order valence-corrected chi connectivity index (χ2v) is 7.57. The monoisotopic (exact) mass is 368 g/mol. The fourth-order valence-corrected chi connectivity index (χ4v) is 3.58. The Hall–Kier alpha value is -2.67. The number of nitrogens with one attached hydrogen (secondary N) is 1. The summed E-state index contributed by atoms with van der Waals surface area (Å²) in [5.41, 5.74) is 2.90. The molecule has 2 heterocycles. The van der Waals surface area contributed by atoms with Crippen molar-refractivity contribution < 1.29 is 4.79 Å². The minimum atomic E-state index is -0.254. The van der Waals surface area contributed by atoms with Crippen molar-refractivity contribution in [3.05, 3.63) is 75.5 Å². The van der Waals surface area contributed by atoms with Crippen LogP contribution in [0.4, 0.5) is 0 Å². The molecule has 134 valence electrons. The Kier molecular flexibility index (Phi) is 5.37. The van der Waals surface area contributed by atoms with Crippen LogP contribution in [0.5, 0.6) is 0 Å². The van der Waals surface area contributed by atoms with Gasteiger partial charge in [0.05, 0.1) is 5.69 Å². The Morgan fingerprint density at radius 2 is 2.12 bits per heavy atom. The number of aromatic amines is 1. The molecule has 0 aliphatic carbocycles. The summed E-state index contributed by atoms with van der Waals surface area (Å²) in [6.07, 6.45) is 1.92. The minimum Gasteiger partial charge on any atom is -0.319 e. The molecule has 0 bridgehead atoms. The molecular formula is C19H20N4O2S. The van der Waals surface area contributed by atoms with Gasteiger partial charge in [0.1, 0.15) is 6.33 Å². The number of hydrogen-bond acceptors (Lipinski definition) is 5. The number of pyridine rings is 1. The number of hydrogen-bond donors (Lipinski definition) is 1. The van der Waals surface area contributed by atoms with Crippen LogP contribution >= 0.6 is 11.8 Å². The van der Waals surface area contributed by atoms with Gasteiger partial charge in [-0.25, -0.2) is 0 Å². The summed E-state index contributed by atoms with van der Waals surface area (Å²) in [6.45, 7) is 3.90. The molecule has 6 nitrogen and oxygen atoms in total. The number of carbonyl (C=O) groups is 1.